The molecule has 0 unspecified atom stereocenters. The number of alkyl halides is 3. The van der Waals surface area contributed by atoms with Gasteiger partial charge >= 0.3 is 6.18 Å². The Morgan fingerprint density at radius 3 is 2.50 bits per heavy atom. The van der Waals surface area contributed by atoms with Gasteiger partial charge in [-0.2, -0.15) is 18.3 Å². The number of rotatable bonds is 8. The number of amides is 2. The van der Waals surface area contributed by atoms with Gasteiger partial charge in [0.05, 0.1) is 17.3 Å². The molecule has 2 aliphatic carbocycles. The van der Waals surface area contributed by atoms with Crippen molar-refractivity contribution in [2.45, 2.75) is 44.4 Å². The number of primary amides is 1. The predicted octanol–water partition coefficient (Wildman–Crippen LogP) is 5.49. The second kappa shape index (κ2) is 10.8. The average Bonchev–Trinajstić information content (AvgIpc) is 3.24. The van der Waals surface area contributed by atoms with Crippen LogP contribution >= 0.6 is 0 Å². The zero-order valence-electron chi connectivity index (χ0n) is 23.1. The van der Waals surface area contributed by atoms with Gasteiger partial charge in [-0.05, 0) is 72.1 Å². The van der Waals surface area contributed by atoms with Crippen molar-refractivity contribution in [3.05, 3.63) is 106 Å². The van der Waals surface area contributed by atoms with E-state index in [1.807, 2.05) is 6.92 Å². The first-order valence-electron chi connectivity index (χ1n) is 13.8. The molecule has 0 aliphatic heterocycles. The second-order valence-electron chi connectivity index (χ2n) is 11.2. The molecule has 6 rings (SSSR count). The van der Waals surface area contributed by atoms with Crippen LogP contribution in [0.15, 0.2) is 54.7 Å². The number of pyridine rings is 1. The van der Waals surface area contributed by atoms with Crippen LogP contribution in [-0.2, 0) is 30.4 Å². The first-order valence-corrected chi connectivity index (χ1v) is 13.8. The number of nitrogens with one attached hydrogen (secondary N) is 1. The van der Waals surface area contributed by atoms with E-state index < -0.39 is 53.7 Å². The zero-order valence-corrected chi connectivity index (χ0v) is 23.1. The van der Waals surface area contributed by atoms with Crippen LogP contribution in [0.4, 0.5) is 26.3 Å². The van der Waals surface area contributed by atoms with Gasteiger partial charge in [0.15, 0.2) is 5.69 Å². The first kappa shape index (κ1) is 29.4. The lowest BCUT2D eigenvalue weighted by molar-refractivity contribution is -0.142. The van der Waals surface area contributed by atoms with Crippen molar-refractivity contribution in [3.63, 3.8) is 0 Å². The lowest BCUT2D eigenvalue weighted by Crippen LogP contribution is -2.34. The Bertz CT molecular complexity index is 1780. The van der Waals surface area contributed by atoms with E-state index in [0.29, 0.717) is 29.3 Å². The van der Waals surface area contributed by atoms with Gasteiger partial charge < -0.3 is 11.1 Å². The summed E-state index contributed by atoms with van der Waals surface area (Å²) in [4.78, 5) is 29.6. The molecule has 0 bridgehead atoms. The molecule has 2 amide bonds. The van der Waals surface area contributed by atoms with E-state index in [4.69, 9.17) is 5.73 Å². The number of carbonyl (C=O) groups is 2. The summed E-state index contributed by atoms with van der Waals surface area (Å²) in [7, 11) is 0. The van der Waals surface area contributed by atoms with Crippen LogP contribution < -0.4 is 11.1 Å². The third-order valence-electron chi connectivity index (χ3n) is 8.39. The molecule has 3 N–H and O–H groups in total. The van der Waals surface area contributed by atoms with Crippen LogP contribution in [0.2, 0.25) is 0 Å². The van der Waals surface area contributed by atoms with Crippen molar-refractivity contribution in [2.75, 3.05) is 0 Å². The standard InChI is InChI=1S/C31H25F6N5O2/c1-14-20-12-24-27(26(14)20)29(31(35,36)37)41-42(24)13-25(43)40-23(9-15-7-17(32)11-18(33)8-15)28-19(3-2-6-39-28)16-4-5-22(34)21(10-16)30(38)44/h2-8,10-11,14,20,23,26H,9,12-13H2,1H3,(H2,38,44)(H,40,43)/t14-,20+,23+,26-/m1/s1. The maximum atomic E-state index is 14.2. The van der Waals surface area contributed by atoms with Gasteiger partial charge in [-0.3, -0.25) is 19.3 Å². The van der Waals surface area contributed by atoms with Gasteiger partial charge in [0, 0.05) is 29.1 Å². The van der Waals surface area contributed by atoms with Gasteiger partial charge in [-0.25, -0.2) is 13.2 Å². The molecule has 13 heteroatoms. The van der Waals surface area contributed by atoms with E-state index in [1.165, 1.54) is 18.3 Å². The van der Waals surface area contributed by atoms with Gasteiger partial charge in [-0.1, -0.05) is 19.1 Å². The molecule has 1 fully saturated rings. The number of hydrogen-bond donors (Lipinski definition) is 2. The smallest absolute Gasteiger partial charge is 0.366 e. The summed E-state index contributed by atoms with van der Waals surface area (Å²) in [6.45, 7) is 1.35. The van der Waals surface area contributed by atoms with E-state index >= 15 is 0 Å². The molecular weight excluding hydrogens is 588 g/mol. The first-order chi connectivity index (χ1) is 20.8. The Labute approximate surface area is 247 Å². The summed E-state index contributed by atoms with van der Waals surface area (Å²) in [5.41, 5.74) is 5.49. The van der Waals surface area contributed by atoms with Crippen LogP contribution in [0, 0.1) is 29.3 Å². The minimum absolute atomic E-state index is 0.0751. The second-order valence-corrected chi connectivity index (χ2v) is 11.2. The molecular formula is C31H25F6N5O2. The highest BCUT2D eigenvalue weighted by atomic mass is 19.4. The molecule has 0 spiro atoms. The summed E-state index contributed by atoms with van der Waals surface area (Å²) < 4.78 is 85.1. The number of carbonyl (C=O) groups excluding carboxylic acids is 2. The molecule has 2 aromatic carbocycles. The predicted molar refractivity (Wildman–Crippen MR) is 145 cm³/mol. The van der Waals surface area contributed by atoms with Crippen molar-refractivity contribution < 1.29 is 35.9 Å². The van der Waals surface area contributed by atoms with Crippen LogP contribution in [0.3, 0.4) is 0 Å². The summed E-state index contributed by atoms with van der Waals surface area (Å²) in [5, 5.41) is 6.52. The number of benzene rings is 2. The fourth-order valence-corrected chi connectivity index (χ4v) is 6.35. The number of halogens is 6. The number of fused-ring (bicyclic) bond motifs is 3. The molecule has 0 saturated heterocycles. The Kier molecular flexibility index (Phi) is 7.21. The zero-order chi connectivity index (χ0) is 31.5. The molecule has 228 valence electrons. The molecule has 44 heavy (non-hydrogen) atoms. The third kappa shape index (κ3) is 5.42. The average molecular weight is 614 g/mol. The van der Waals surface area contributed by atoms with E-state index in [1.54, 1.807) is 12.1 Å². The van der Waals surface area contributed by atoms with Crippen LogP contribution in [0.25, 0.3) is 11.1 Å². The number of nitrogens with zero attached hydrogens (tertiary/aromatic N) is 3. The lowest BCUT2D eigenvalue weighted by Gasteiger charge is -2.22. The van der Waals surface area contributed by atoms with Crippen LogP contribution in [0.1, 0.15) is 57.5 Å². The Morgan fingerprint density at radius 2 is 1.82 bits per heavy atom. The highest BCUT2D eigenvalue weighted by Gasteiger charge is 2.58. The molecule has 1 saturated carbocycles. The molecule has 2 aliphatic rings. The van der Waals surface area contributed by atoms with Crippen molar-refractivity contribution in [3.8, 4) is 11.1 Å². The minimum Gasteiger partial charge on any atom is -0.366 e. The highest BCUT2D eigenvalue weighted by molar-refractivity contribution is 5.94. The third-order valence-corrected chi connectivity index (χ3v) is 8.39. The molecule has 4 aromatic rings. The van der Waals surface area contributed by atoms with Gasteiger partial charge in [-0.15, -0.1) is 0 Å². The van der Waals surface area contributed by atoms with E-state index in [-0.39, 0.29) is 46.6 Å². The minimum atomic E-state index is -4.69. The van der Waals surface area contributed by atoms with Gasteiger partial charge in [0.25, 0.3) is 5.91 Å². The van der Waals surface area contributed by atoms with Crippen molar-refractivity contribution in [1.82, 2.24) is 20.1 Å². The maximum absolute atomic E-state index is 14.2. The molecule has 4 atom stereocenters. The normalized spacial score (nSPS) is 19.3. The quantitative estimate of drug-likeness (QED) is 0.257. The van der Waals surface area contributed by atoms with E-state index in [0.717, 1.165) is 22.9 Å². The fourth-order valence-electron chi connectivity index (χ4n) is 6.35. The Hall–Kier alpha value is -4.68. The molecule has 2 aromatic heterocycles. The molecule has 0 radical (unpaired) electrons. The monoisotopic (exact) mass is 613 g/mol. The Balaban J connectivity index is 1.36. The van der Waals surface area contributed by atoms with Crippen molar-refractivity contribution in [2.24, 2.45) is 17.6 Å². The van der Waals surface area contributed by atoms with E-state index in [2.05, 4.69) is 15.4 Å². The van der Waals surface area contributed by atoms with Crippen molar-refractivity contribution in [1.29, 1.82) is 0 Å². The van der Waals surface area contributed by atoms with Gasteiger partial charge in [0.2, 0.25) is 5.91 Å². The molecule has 7 nitrogen and oxygen atoms in total. The number of aromatic nitrogens is 3. The van der Waals surface area contributed by atoms with Crippen LogP contribution in [0.5, 0.6) is 0 Å². The SMILES string of the molecule is C[C@@H]1[C@@H]2Cc3c(c(C(F)(F)F)nn3CC(=O)N[C@@H](Cc3cc(F)cc(F)c3)c3ncccc3-c3ccc(F)c(C(N)=O)c3)[C@H]12. The number of nitrogens with two attached hydrogens (primary N) is 1. The number of hydrogen-bond acceptors (Lipinski definition) is 4. The highest BCUT2D eigenvalue weighted by Crippen LogP contribution is 2.63. The summed E-state index contributed by atoms with van der Waals surface area (Å²) >= 11 is 0. The fraction of sp³-hybridized carbons (Fsp3) is 0.290. The van der Waals surface area contributed by atoms with Gasteiger partial charge in [0.1, 0.15) is 24.0 Å². The molecule has 2 heterocycles. The topological polar surface area (TPSA) is 103 Å². The summed E-state index contributed by atoms with van der Waals surface area (Å²) in [6, 6.07) is 8.59. The maximum Gasteiger partial charge on any atom is 0.435 e. The van der Waals surface area contributed by atoms with Crippen LogP contribution in [-0.4, -0.2) is 26.6 Å². The summed E-state index contributed by atoms with van der Waals surface area (Å²) in [5.74, 6) is -4.33. The Morgan fingerprint density at radius 1 is 1.09 bits per heavy atom. The summed E-state index contributed by atoms with van der Waals surface area (Å²) in [6.07, 6.45) is -3.07. The van der Waals surface area contributed by atoms with Crippen molar-refractivity contribution >= 4 is 11.8 Å². The largest absolute Gasteiger partial charge is 0.435 e. The van der Waals surface area contributed by atoms with E-state index in [9.17, 15) is 35.9 Å². The lowest BCUT2D eigenvalue weighted by atomic mass is 9.94.